The van der Waals surface area contributed by atoms with Gasteiger partial charge in [0.1, 0.15) is 11.9 Å². The first-order valence-corrected chi connectivity index (χ1v) is 4.65. The number of rotatable bonds is 1. The zero-order valence-corrected chi connectivity index (χ0v) is 7.76. The van der Waals surface area contributed by atoms with Gasteiger partial charge in [-0.3, -0.25) is 0 Å². The molecule has 3 heteroatoms. The van der Waals surface area contributed by atoms with Crippen LogP contribution in [0.25, 0.3) is 0 Å². The Kier molecular flexibility index (Phi) is 2.01. The molecule has 0 aliphatic heterocycles. The second-order valence-corrected chi connectivity index (χ2v) is 3.82. The third kappa shape index (κ3) is 1.28. The van der Waals surface area contributed by atoms with Gasteiger partial charge in [-0.05, 0) is 37.0 Å². The average Bonchev–Trinajstić information content (AvgIpc) is 2.15. The lowest BCUT2D eigenvalue weighted by molar-refractivity contribution is 0.253. The molecule has 0 heterocycles. The number of benzene rings is 1. The summed E-state index contributed by atoms with van der Waals surface area (Å²) in [5.74, 6) is -0.473. The zero-order chi connectivity index (χ0) is 10.2. The molecule has 2 N–H and O–H groups in total. The Bertz CT molecular complexity index is 402. The Morgan fingerprint density at radius 1 is 1.43 bits per heavy atom. The van der Waals surface area contributed by atoms with Gasteiger partial charge >= 0.3 is 0 Å². The van der Waals surface area contributed by atoms with Crippen LogP contribution in [0.3, 0.4) is 0 Å². The monoisotopic (exact) mass is 190 g/mol. The van der Waals surface area contributed by atoms with Crippen LogP contribution in [-0.2, 0) is 5.54 Å². The van der Waals surface area contributed by atoms with Crippen molar-refractivity contribution < 1.29 is 4.39 Å². The van der Waals surface area contributed by atoms with E-state index in [1.54, 1.807) is 12.1 Å². The van der Waals surface area contributed by atoms with Crippen LogP contribution < -0.4 is 5.73 Å². The van der Waals surface area contributed by atoms with Crippen molar-refractivity contribution in [2.75, 3.05) is 0 Å². The molecule has 1 aromatic rings. The Morgan fingerprint density at radius 2 is 2.14 bits per heavy atom. The molecule has 72 valence electrons. The van der Waals surface area contributed by atoms with Crippen LogP contribution in [0.5, 0.6) is 0 Å². The fourth-order valence-corrected chi connectivity index (χ4v) is 1.77. The maximum Gasteiger partial charge on any atom is 0.140 e. The van der Waals surface area contributed by atoms with Gasteiger partial charge in [-0.1, -0.05) is 6.07 Å². The molecule has 1 aliphatic carbocycles. The Morgan fingerprint density at radius 3 is 2.64 bits per heavy atom. The zero-order valence-electron chi connectivity index (χ0n) is 7.76. The summed E-state index contributed by atoms with van der Waals surface area (Å²) in [6.45, 7) is 0. The topological polar surface area (TPSA) is 49.8 Å². The molecule has 1 aromatic carbocycles. The van der Waals surface area contributed by atoms with Gasteiger partial charge in [0.05, 0.1) is 5.56 Å². The minimum atomic E-state index is -0.473. The number of halogens is 1. The molecule has 1 fully saturated rings. The minimum absolute atomic E-state index is 0.0826. The van der Waals surface area contributed by atoms with Crippen molar-refractivity contribution in [1.29, 1.82) is 5.26 Å². The van der Waals surface area contributed by atoms with Crippen LogP contribution in [0, 0.1) is 17.1 Å². The van der Waals surface area contributed by atoms with Crippen molar-refractivity contribution in [3.63, 3.8) is 0 Å². The fourth-order valence-electron chi connectivity index (χ4n) is 1.77. The molecular weight excluding hydrogens is 179 g/mol. The van der Waals surface area contributed by atoms with E-state index in [1.807, 2.05) is 6.07 Å². The van der Waals surface area contributed by atoms with E-state index in [0.717, 1.165) is 24.8 Å². The lowest BCUT2D eigenvalue weighted by atomic mass is 9.72. The fraction of sp³-hybridized carbons (Fsp3) is 0.364. The maximum absolute atomic E-state index is 13.0. The lowest BCUT2D eigenvalue weighted by Gasteiger charge is -2.38. The van der Waals surface area contributed by atoms with Crippen molar-refractivity contribution in [1.82, 2.24) is 0 Å². The molecule has 1 aliphatic rings. The first kappa shape index (κ1) is 9.17. The van der Waals surface area contributed by atoms with Gasteiger partial charge in [0.25, 0.3) is 0 Å². The van der Waals surface area contributed by atoms with Gasteiger partial charge in [-0.25, -0.2) is 4.39 Å². The first-order chi connectivity index (χ1) is 6.65. The normalized spacial score (nSPS) is 18.4. The smallest absolute Gasteiger partial charge is 0.140 e. The number of hydrogen-bond acceptors (Lipinski definition) is 2. The van der Waals surface area contributed by atoms with Crippen molar-refractivity contribution in [3.05, 3.63) is 35.1 Å². The molecule has 0 amide bonds. The summed E-state index contributed by atoms with van der Waals surface area (Å²) in [5.41, 5.74) is 6.70. The SMILES string of the molecule is N#Cc1cc(C2(N)CCC2)ccc1F. The van der Waals surface area contributed by atoms with Crippen LogP contribution in [0.4, 0.5) is 4.39 Å². The molecule has 0 radical (unpaired) electrons. The molecule has 14 heavy (non-hydrogen) atoms. The molecule has 1 saturated carbocycles. The number of nitriles is 1. The number of nitrogens with zero attached hydrogens (tertiary/aromatic N) is 1. The number of nitrogens with two attached hydrogens (primary N) is 1. The lowest BCUT2D eigenvalue weighted by Crippen LogP contribution is -2.43. The summed E-state index contributed by atoms with van der Waals surface area (Å²) >= 11 is 0. The predicted octanol–water partition coefficient (Wildman–Crippen LogP) is 2.04. The van der Waals surface area contributed by atoms with Crippen LogP contribution in [-0.4, -0.2) is 0 Å². The highest BCUT2D eigenvalue weighted by molar-refractivity contribution is 5.38. The average molecular weight is 190 g/mol. The van der Waals surface area contributed by atoms with Gasteiger partial charge in [-0.15, -0.1) is 0 Å². The van der Waals surface area contributed by atoms with Crippen molar-refractivity contribution in [2.24, 2.45) is 5.73 Å². The van der Waals surface area contributed by atoms with E-state index in [-0.39, 0.29) is 11.1 Å². The van der Waals surface area contributed by atoms with E-state index in [0.29, 0.717) is 0 Å². The number of hydrogen-bond donors (Lipinski definition) is 1. The van der Waals surface area contributed by atoms with Crippen molar-refractivity contribution in [3.8, 4) is 6.07 Å². The van der Waals surface area contributed by atoms with E-state index in [1.165, 1.54) is 6.07 Å². The van der Waals surface area contributed by atoms with Crippen LogP contribution in [0.15, 0.2) is 18.2 Å². The predicted molar refractivity (Wildman–Crippen MR) is 50.8 cm³/mol. The summed E-state index contributed by atoms with van der Waals surface area (Å²) in [6, 6.07) is 6.39. The van der Waals surface area contributed by atoms with Crippen LogP contribution in [0.1, 0.15) is 30.4 Å². The second-order valence-electron chi connectivity index (χ2n) is 3.82. The van der Waals surface area contributed by atoms with Gasteiger partial charge < -0.3 is 5.73 Å². The standard InChI is InChI=1S/C11H11FN2/c12-10-3-2-9(6-8(10)7-13)11(14)4-1-5-11/h2-3,6H,1,4-5,14H2. The Hall–Kier alpha value is -1.40. The molecule has 0 saturated heterocycles. The van der Waals surface area contributed by atoms with Gasteiger partial charge in [-0.2, -0.15) is 5.26 Å². The summed E-state index contributed by atoms with van der Waals surface area (Å²) in [4.78, 5) is 0. The van der Waals surface area contributed by atoms with E-state index in [9.17, 15) is 4.39 Å². The molecular formula is C11H11FN2. The molecule has 0 unspecified atom stereocenters. The highest BCUT2D eigenvalue weighted by Crippen LogP contribution is 2.38. The van der Waals surface area contributed by atoms with Gasteiger partial charge in [0, 0.05) is 5.54 Å². The Labute approximate surface area is 82.1 Å². The van der Waals surface area contributed by atoms with Crippen LogP contribution >= 0.6 is 0 Å². The molecule has 0 atom stereocenters. The Balaban J connectivity index is 2.41. The minimum Gasteiger partial charge on any atom is -0.321 e. The molecule has 0 spiro atoms. The third-order valence-corrected chi connectivity index (χ3v) is 2.91. The summed E-state index contributed by atoms with van der Waals surface area (Å²) in [6.07, 6.45) is 2.95. The third-order valence-electron chi connectivity index (χ3n) is 2.91. The van der Waals surface area contributed by atoms with Crippen LogP contribution in [0.2, 0.25) is 0 Å². The summed E-state index contributed by atoms with van der Waals surface area (Å²) in [7, 11) is 0. The summed E-state index contributed by atoms with van der Waals surface area (Å²) < 4.78 is 13.0. The van der Waals surface area contributed by atoms with Crippen molar-refractivity contribution in [2.45, 2.75) is 24.8 Å². The van der Waals surface area contributed by atoms with Gasteiger partial charge in [0.15, 0.2) is 0 Å². The largest absolute Gasteiger partial charge is 0.321 e. The molecule has 0 aromatic heterocycles. The van der Waals surface area contributed by atoms with E-state index in [4.69, 9.17) is 11.0 Å². The highest BCUT2D eigenvalue weighted by Gasteiger charge is 2.34. The van der Waals surface area contributed by atoms with Gasteiger partial charge in [0.2, 0.25) is 0 Å². The highest BCUT2D eigenvalue weighted by atomic mass is 19.1. The maximum atomic E-state index is 13.0. The van der Waals surface area contributed by atoms with E-state index in [2.05, 4.69) is 0 Å². The molecule has 2 nitrogen and oxygen atoms in total. The molecule has 0 bridgehead atoms. The van der Waals surface area contributed by atoms with E-state index < -0.39 is 5.82 Å². The summed E-state index contributed by atoms with van der Waals surface area (Å²) in [5, 5.41) is 8.67. The van der Waals surface area contributed by atoms with Crippen molar-refractivity contribution >= 4 is 0 Å². The first-order valence-electron chi connectivity index (χ1n) is 4.65. The quantitative estimate of drug-likeness (QED) is 0.736. The molecule has 2 rings (SSSR count). The van der Waals surface area contributed by atoms with E-state index >= 15 is 0 Å². The second kappa shape index (κ2) is 3.07.